The Hall–Kier alpha value is -3.38. The van der Waals surface area contributed by atoms with E-state index in [1.807, 2.05) is 0 Å². The van der Waals surface area contributed by atoms with Crippen LogP contribution in [0, 0.1) is 0 Å². The van der Waals surface area contributed by atoms with Gasteiger partial charge in [-0.3, -0.25) is 4.79 Å². The van der Waals surface area contributed by atoms with Gasteiger partial charge in [0, 0.05) is 12.1 Å². The van der Waals surface area contributed by atoms with Gasteiger partial charge in [-0.1, -0.05) is 12.1 Å². The molecule has 6 N–H and O–H groups in total. The standard InChI is InChI=1S/C21H20O11/c22-9-3-1-8(2-4-9)13-7-12(24)15-11(23)5-10(6-14(15)31-13)30-21-18(27)16(25)17(26)19(32-21)20(28)29/h1-6,13,16-19,21-23,25-27H,7H2,(H,28,29)/t13-,16-,17-,18+,19-,21-/m0/s1. The van der Waals surface area contributed by atoms with Gasteiger partial charge < -0.3 is 44.8 Å². The largest absolute Gasteiger partial charge is 0.508 e. The number of benzene rings is 2. The number of aliphatic carboxylic acids is 1. The molecule has 0 unspecified atom stereocenters. The minimum atomic E-state index is -1.88. The molecule has 1 fully saturated rings. The summed E-state index contributed by atoms with van der Waals surface area (Å²) in [5, 5.41) is 58.7. The number of carbonyl (C=O) groups excluding carboxylic acids is 1. The monoisotopic (exact) mass is 448 g/mol. The van der Waals surface area contributed by atoms with Crippen LogP contribution in [0.15, 0.2) is 36.4 Å². The Kier molecular flexibility index (Phi) is 5.65. The molecule has 0 bridgehead atoms. The van der Waals surface area contributed by atoms with E-state index in [4.69, 9.17) is 19.3 Å². The molecule has 2 heterocycles. The van der Waals surface area contributed by atoms with Crippen molar-refractivity contribution in [2.24, 2.45) is 0 Å². The zero-order chi connectivity index (χ0) is 23.2. The van der Waals surface area contributed by atoms with Crippen LogP contribution >= 0.6 is 0 Å². The van der Waals surface area contributed by atoms with Gasteiger partial charge in [-0.05, 0) is 17.7 Å². The summed E-state index contributed by atoms with van der Waals surface area (Å²) in [4.78, 5) is 23.8. The number of rotatable bonds is 4. The van der Waals surface area contributed by atoms with Gasteiger partial charge in [-0.15, -0.1) is 0 Å². The molecule has 170 valence electrons. The molecular weight excluding hydrogens is 428 g/mol. The van der Waals surface area contributed by atoms with E-state index in [-0.39, 0.29) is 29.2 Å². The predicted molar refractivity (Wildman–Crippen MR) is 103 cm³/mol. The number of phenols is 2. The lowest BCUT2D eigenvalue weighted by Gasteiger charge is -2.38. The molecular formula is C21H20O11. The van der Waals surface area contributed by atoms with Crippen molar-refractivity contribution < 1.29 is 54.4 Å². The number of aliphatic hydroxyl groups excluding tert-OH is 3. The molecule has 0 aromatic heterocycles. The van der Waals surface area contributed by atoms with Crippen molar-refractivity contribution in [3.8, 4) is 23.0 Å². The van der Waals surface area contributed by atoms with E-state index in [9.17, 15) is 35.1 Å². The first kappa shape index (κ1) is 21.8. The molecule has 1 saturated heterocycles. The maximum absolute atomic E-state index is 12.6. The highest BCUT2D eigenvalue weighted by Crippen LogP contribution is 2.42. The second-order valence-corrected chi connectivity index (χ2v) is 7.49. The number of hydrogen-bond donors (Lipinski definition) is 6. The third-order valence-electron chi connectivity index (χ3n) is 5.30. The Morgan fingerprint density at radius 3 is 2.34 bits per heavy atom. The predicted octanol–water partition coefficient (Wildman–Crippen LogP) is 0.0753. The summed E-state index contributed by atoms with van der Waals surface area (Å²) >= 11 is 0. The van der Waals surface area contributed by atoms with Crippen LogP contribution in [0.25, 0.3) is 0 Å². The third-order valence-corrected chi connectivity index (χ3v) is 5.30. The smallest absolute Gasteiger partial charge is 0.335 e. The summed E-state index contributed by atoms with van der Waals surface area (Å²) in [7, 11) is 0. The van der Waals surface area contributed by atoms with Gasteiger partial charge in [-0.2, -0.15) is 0 Å². The van der Waals surface area contributed by atoms with Crippen molar-refractivity contribution >= 4 is 11.8 Å². The van der Waals surface area contributed by atoms with Crippen LogP contribution in [0.4, 0.5) is 0 Å². The van der Waals surface area contributed by atoms with Crippen molar-refractivity contribution in [1.82, 2.24) is 0 Å². The van der Waals surface area contributed by atoms with Gasteiger partial charge in [0.05, 0.1) is 6.42 Å². The molecule has 0 amide bonds. The zero-order valence-corrected chi connectivity index (χ0v) is 16.4. The highest BCUT2D eigenvalue weighted by Gasteiger charge is 2.48. The molecule has 6 atom stereocenters. The topological polar surface area (TPSA) is 183 Å². The van der Waals surface area contributed by atoms with Crippen molar-refractivity contribution in [3.63, 3.8) is 0 Å². The van der Waals surface area contributed by atoms with Crippen molar-refractivity contribution in [3.05, 3.63) is 47.5 Å². The molecule has 32 heavy (non-hydrogen) atoms. The summed E-state index contributed by atoms with van der Waals surface area (Å²) in [5.74, 6) is -2.55. The Balaban J connectivity index is 1.60. The Morgan fingerprint density at radius 2 is 1.69 bits per heavy atom. The Bertz CT molecular complexity index is 1030. The first-order chi connectivity index (χ1) is 15.2. The average Bonchev–Trinajstić information content (AvgIpc) is 2.73. The number of Topliss-reactive ketones (excluding diaryl/α,β-unsaturated/α-hetero) is 1. The lowest BCUT2D eigenvalue weighted by molar-refractivity contribution is -0.271. The van der Waals surface area contributed by atoms with Crippen molar-refractivity contribution in [2.45, 2.75) is 43.2 Å². The van der Waals surface area contributed by atoms with E-state index < -0.39 is 54.3 Å². The number of aromatic hydroxyl groups is 2. The van der Waals surface area contributed by atoms with Gasteiger partial charge in [-0.25, -0.2) is 4.79 Å². The number of aliphatic hydroxyl groups is 3. The molecule has 4 rings (SSSR count). The highest BCUT2D eigenvalue weighted by molar-refractivity contribution is 6.02. The summed E-state index contributed by atoms with van der Waals surface area (Å²) in [6, 6.07) is 8.37. The molecule has 2 aromatic carbocycles. The zero-order valence-electron chi connectivity index (χ0n) is 16.4. The van der Waals surface area contributed by atoms with Crippen LogP contribution in [0.5, 0.6) is 23.0 Å². The van der Waals surface area contributed by atoms with Crippen LogP contribution in [-0.2, 0) is 9.53 Å². The van der Waals surface area contributed by atoms with E-state index in [1.54, 1.807) is 12.1 Å². The number of ketones is 1. The lowest BCUT2D eigenvalue weighted by atomic mass is 9.95. The average molecular weight is 448 g/mol. The van der Waals surface area contributed by atoms with Gasteiger partial charge in [0.25, 0.3) is 0 Å². The maximum atomic E-state index is 12.6. The van der Waals surface area contributed by atoms with E-state index in [2.05, 4.69) is 0 Å². The van der Waals surface area contributed by atoms with Crippen LogP contribution in [0.1, 0.15) is 28.4 Å². The minimum Gasteiger partial charge on any atom is -0.508 e. The first-order valence-corrected chi connectivity index (χ1v) is 9.60. The molecule has 11 nitrogen and oxygen atoms in total. The van der Waals surface area contributed by atoms with Crippen LogP contribution in [0.3, 0.4) is 0 Å². The van der Waals surface area contributed by atoms with Crippen LogP contribution in [-0.4, -0.2) is 73.1 Å². The van der Waals surface area contributed by atoms with Crippen molar-refractivity contribution in [2.75, 3.05) is 0 Å². The number of hydrogen-bond acceptors (Lipinski definition) is 10. The van der Waals surface area contributed by atoms with Crippen molar-refractivity contribution in [1.29, 1.82) is 0 Å². The number of phenolic OH excluding ortho intramolecular Hbond substituents is 2. The number of ether oxygens (including phenoxy) is 3. The first-order valence-electron chi connectivity index (χ1n) is 9.60. The molecule has 0 spiro atoms. The SMILES string of the molecule is O=C1C[C@@H](c2ccc(O)cc2)Oc2cc(O[C@H]3O[C@H](C(=O)O)[C@@H](O)[C@H](O)[C@H]3O)cc(O)c21. The number of fused-ring (bicyclic) bond motifs is 1. The quantitative estimate of drug-likeness (QED) is 0.372. The Morgan fingerprint density at radius 1 is 1.00 bits per heavy atom. The second-order valence-electron chi connectivity index (χ2n) is 7.49. The second kappa shape index (κ2) is 8.28. The molecule has 2 aliphatic heterocycles. The number of carboxylic acid groups (broad SMARTS) is 1. The van der Waals surface area contributed by atoms with E-state index in [0.29, 0.717) is 5.56 Å². The molecule has 0 radical (unpaired) electrons. The maximum Gasteiger partial charge on any atom is 0.335 e. The molecule has 2 aliphatic rings. The molecule has 11 heteroatoms. The van der Waals surface area contributed by atoms with E-state index >= 15 is 0 Å². The number of carbonyl (C=O) groups is 2. The van der Waals surface area contributed by atoms with Gasteiger partial charge in [0.2, 0.25) is 6.29 Å². The highest BCUT2D eigenvalue weighted by atomic mass is 16.7. The summed E-state index contributed by atoms with van der Waals surface area (Å²) < 4.78 is 16.3. The van der Waals surface area contributed by atoms with E-state index in [0.717, 1.165) is 6.07 Å². The fourth-order valence-corrected chi connectivity index (χ4v) is 3.64. The van der Waals surface area contributed by atoms with Gasteiger partial charge in [0.15, 0.2) is 11.9 Å². The fourth-order valence-electron chi connectivity index (χ4n) is 3.64. The molecule has 2 aromatic rings. The fraction of sp³-hybridized carbons (Fsp3) is 0.333. The lowest BCUT2D eigenvalue weighted by Crippen LogP contribution is -2.61. The number of carboxylic acids is 1. The summed E-state index contributed by atoms with van der Waals surface area (Å²) in [6.45, 7) is 0. The third kappa shape index (κ3) is 3.94. The van der Waals surface area contributed by atoms with Crippen LogP contribution < -0.4 is 9.47 Å². The molecule has 0 aliphatic carbocycles. The van der Waals surface area contributed by atoms with E-state index in [1.165, 1.54) is 18.2 Å². The summed E-state index contributed by atoms with van der Waals surface area (Å²) in [5.41, 5.74) is 0.538. The molecule has 0 saturated carbocycles. The Labute approximate surface area is 180 Å². The normalized spacial score (nSPS) is 29.7. The van der Waals surface area contributed by atoms with Crippen LogP contribution in [0.2, 0.25) is 0 Å². The van der Waals surface area contributed by atoms with Gasteiger partial charge >= 0.3 is 5.97 Å². The summed E-state index contributed by atoms with van der Waals surface area (Å²) in [6.07, 6.45) is -9.86. The minimum absolute atomic E-state index is 0.0185. The van der Waals surface area contributed by atoms with Gasteiger partial charge in [0.1, 0.15) is 53.0 Å².